The van der Waals surface area contributed by atoms with Crippen molar-refractivity contribution < 1.29 is 9.53 Å². The molecule has 0 aliphatic carbocycles. The van der Waals surface area contributed by atoms with Crippen molar-refractivity contribution in [2.75, 3.05) is 0 Å². The van der Waals surface area contributed by atoms with Crippen LogP contribution in [0.25, 0.3) is 0 Å². The molecule has 0 fully saturated rings. The molecule has 14 heavy (non-hydrogen) atoms. The average Bonchev–Trinajstić information content (AvgIpc) is 2.16. The lowest BCUT2D eigenvalue weighted by Gasteiger charge is -2.11. The largest absolute Gasteiger partial charge is 0.459 e. The van der Waals surface area contributed by atoms with Crippen molar-refractivity contribution in [2.24, 2.45) is 0 Å². The van der Waals surface area contributed by atoms with Crippen molar-refractivity contribution >= 4 is 5.97 Å². The van der Waals surface area contributed by atoms with Crippen molar-refractivity contribution in [3.63, 3.8) is 0 Å². The molecule has 3 nitrogen and oxygen atoms in total. The number of nitriles is 1. The van der Waals surface area contributed by atoms with Crippen LogP contribution in [-0.4, -0.2) is 12.1 Å². The molecule has 1 atom stereocenters. The quantitative estimate of drug-likeness (QED) is 0.283. The summed E-state index contributed by atoms with van der Waals surface area (Å²) in [6.45, 7) is 7.24. The maximum atomic E-state index is 11.1. The van der Waals surface area contributed by atoms with Gasteiger partial charge in [0.05, 0.1) is 6.10 Å². The van der Waals surface area contributed by atoms with E-state index in [-0.39, 0.29) is 11.7 Å². The lowest BCUT2D eigenvalue weighted by Crippen LogP contribution is -2.15. The molecule has 0 aliphatic heterocycles. The van der Waals surface area contributed by atoms with Gasteiger partial charge >= 0.3 is 5.97 Å². The summed E-state index contributed by atoms with van der Waals surface area (Å²) in [5.41, 5.74) is -0.132. The second kappa shape index (κ2) is 7.14. The zero-order chi connectivity index (χ0) is 11.0. The molecule has 0 aliphatic rings. The van der Waals surface area contributed by atoms with Gasteiger partial charge in [0.2, 0.25) is 0 Å². The van der Waals surface area contributed by atoms with Crippen molar-refractivity contribution in [1.82, 2.24) is 0 Å². The molecule has 0 saturated heterocycles. The summed E-state index contributed by atoms with van der Waals surface area (Å²) in [5.74, 6) is -0.600. The van der Waals surface area contributed by atoms with Gasteiger partial charge in [-0.3, -0.25) is 0 Å². The highest BCUT2D eigenvalue weighted by atomic mass is 16.5. The predicted molar refractivity (Wildman–Crippen MR) is 54.4 cm³/mol. The van der Waals surface area contributed by atoms with Crippen LogP contribution in [0.5, 0.6) is 0 Å². The van der Waals surface area contributed by atoms with Gasteiger partial charge in [-0.1, -0.05) is 26.3 Å². The van der Waals surface area contributed by atoms with E-state index < -0.39 is 5.97 Å². The lowest BCUT2D eigenvalue weighted by molar-refractivity contribution is -0.143. The number of hydrogen-bond donors (Lipinski definition) is 0. The van der Waals surface area contributed by atoms with Gasteiger partial charge in [0, 0.05) is 0 Å². The molecule has 0 N–H and O–H groups in total. The Morgan fingerprint density at radius 3 is 2.71 bits per heavy atom. The molecule has 0 saturated carbocycles. The number of carbonyl (C=O) groups excluding carboxylic acids is 1. The Labute approximate surface area is 85.4 Å². The minimum Gasteiger partial charge on any atom is -0.459 e. The average molecular weight is 195 g/mol. The summed E-state index contributed by atoms with van der Waals surface area (Å²) in [5, 5.41) is 8.38. The zero-order valence-corrected chi connectivity index (χ0v) is 8.88. The maximum Gasteiger partial charge on any atom is 0.348 e. The fraction of sp³-hybridized carbons (Fsp3) is 0.636. The maximum absolute atomic E-state index is 11.1. The Hall–Kier alpha value is -1.30. The molecular formula is C11H17NO2. The van der Waals surface area contributed by atoms with E-state index in [1.807, 2.05) is 6.92 Å². The van der Waals surface area contributed by atoms with Gasteiger partial charge in [-0.25, -0.2) is 4.79 Å². The molecule has 1 unspecified atom stereocenters. The smallest absolute Gasteiger partial charge is 0.348 e. The van der Waals surface area contributed by atoms with E-state index in [9.17, 15) is 4.79 Å². The topological polar surface area (TPSA) is 50.1 Å². The van der Waals surface area contributed by atoms with Crippen LogP contribution < -0.4 is 0 Å². The van der Waals surface area contributed by atoms with Gasteiger partial charge < -0.3 is 4.74 Å². The number of ether oxygens (including phenoxy) is 1. The third-order valence-electron chi connectivity index (χ3n) is 1.90. The first kappa shape index (κ1) is 12.7. The fourth-order valence-electron chi connectivity index (χ4n) is 1.04. The van der Waals surface area contributed by atoms with Gasteiger partial charge in [0.1, 0.15) is 11.6 Å². The Morgan fingerprint density at radius 1 is 1.57 bits per heavy atom. The van der Waals surface area contributed by atoms with Crippen LogP contribution in [0.3, 0.4) is 0 Å². The summed E-state index contributed by atoms with van der Waals surface area (Å²) in [6, 6.07) is 1.67. The SMILES string of the molecule is C=C(C#N)C(=O)OC(C)CCCCC. The minimum absolute atomic E-state index is 0.126. The number of carbonyl (C=O) groups is 1. The fourth-order valence-corrected chi connectivity index (χ4v) is 1.04. The molecular weight excluding hydrogens is 178 g/mol. The van der Waals surface area contributed by atoms with Crippen molar-refractivity contribution in [3.05, 3.63) is 12.2 Å². The Morgan fingerprint density at radius 2 is 2.21 bits per heavy atom. The first-order chi connectivity index (χ1) is 6.61. The van der Waals surface area contributed by atoms with Crippen LogP contribution in [0.4, 0.5) is 0 Å². The van der Waals surface area contributed by atoms with Crippen molar-refractivity contribution in [3.8, 4) is 6.07 Å². The molecule has 0 radical (unpaired) electrons. The molecule has 0 amide bonds. The van der Waals surface area contributed by atoms with Gasteiger partial charge in [-0.2, -0.15) is 5.26 Å². The highest BCUT2D eigenvalue weighted by Gasteiger charge is 2.11. The summed E-state index contributed by atoms with van der Waals surface area (Å²) in [4.78, 5) is 11.1. The molecule has 0 aromatic heterocycles. The number of hydrogen-bond acceptors (Lipinski definition) is 3. The van der Waals surface area contributed by atoms with E-state index in [0.29, 0.717) is 0 Å². The summed E-state index contributed by atoms with van der Waals surface area (Å²) < 4.78 is 4.99. The standard InChI is InChI=1S/C11H17NO2/c1-4-5-6-7-10(3)14-11(13)9(2)8-12/h10H,2,4-7H2,1,3H3. The molecule has 78 valence electrons. The number of esters is 1. The van der Waals surface area contributed by atoms with E-state index in [4.69, 9.17) is 10.00 Å². The highest BCUT2D eigenvalue weighted by Crippen LogP contribution is 2.07. The van der Waals surface area contributed by atoms with E-state index >= 15 is 0 Å². The zero-order valence-electron chi connectivity index (χ0n) is 8.88. The van der Waals surface area contributed by atoms with Gasteiger partial charge in [0.15, 0.2) is 0 Å². The number of unbranched alkanes of at least 4 members (excludes halogenated alkanes) is 2. The molecule has 0 bridgehead atoms. The monoisotopic (exact) mass is 195 g/mol. The minimum atomic E-state index is -0.600. The van der Waals surface area contributed by atoms with Crippen LogP contribution >= 0.6 is 0 Å². The highest BCUT2D eigenvalue weighted by molar-refractivity contribution is 5.91. The van der Waals surface area contributed by atoms with Gasteiger partial charge in [-0.05, 0) is 19.8 Å². The Balaban J connectivity index is 3.72. The molecule has 3 heteroatoms. The first-order valence-electron chi connectivity index (χ1n) is 4.91. The van der Waals surface area contributed by atoms with Gasteiger partial charge in [-0.15, -0.1) is 0 Å². The normalized spacial score (nSPS) is 11.5. The second-order valence-corrected chi connectivity index (χ2v) is 3.30. The molecule has 0 heterocycles. The number of nitrogens with zero attached hydrogens (tertiary/aromatic N) is 1. The Kier molecular flexibility index (Phi) is 6.47. The molecule has 0 spiro atoms. The van der Waals surface area contributed by atoms with Crippen LogP contribution in [0.15, 0.2) is 12.2 Å². The lowest BCUT2D eigenvalue weighted by atomic mass is 10.1. The summed E-state index contributed by atoms with van der Waals surface area (Å²) in [6.07, 6.45) is 4.05. The van der Waals surface area contributed by atoms with E-state index in [0.717, 1.165) is 25.7 Å². The number of rotatable bonds is 6. The Bertz CT molecular complexity index is 240. The van der Waals surface area contributed by atoms with Crippen molar-refractivity contribution in [1.29, 1.82) is 5.26 Å². The molecule has 0 aromatic rings. The van der Waals surface area contributed by atoms with Crippen LogP contribution in [0, 0.1) is 11.3 Å². The van der Waals surface area contributed by atoms with E-state index in [2.05, 4.69) is 13.5 Å². The van der Waals surface area contributed by atoms with E-state index in [1.165, 1.54) is 0 Å². The molecule has 0 rings (SSSR count). The predicted octanol–water partition coefficient (Wildman–Crippen LogP) is 2.58. The van der Waals surface area contributed by atoms with Crippen LogP contribution in [-0.2, 0) is 9.53 Å². The summed E-state index contributed by atoms with van der Waals surface area (Å²) >= 11 is 0. The van der Waals surface area contributed by atoms with Crippen LogP contribution in [0.2, 0.25) is 0 Å². The third-order valence-corrected chi connectivity index (χ3v) is 1.90. The first-order valence-corrected chi connectivity index (χ1v) is 4.91. The second-order valence-electron chi connectivity index (χ2n) is 3.30. The summed E-state index contributed by atoms with van der Waals surface area (Å²) in [7, 11) is 0. The van der Waals surface area contributed by atoms with E-state index in [1.54, 1.807) is 6.07 Å². The molecule has 0 aromatic carbocycles. The third kappa shape index (κ3) is 5.36. The van der Waals surface area contributed by atoms with Crippen LogP contribution in [0.1, 0.15) is 39.5 Å². The van der Waals surface area contributed by atoms with Crippen molar-refractivity contribution in [2.45, 2.75) is 45.6 Å². The van der Waals surface area contributed by atoms with Gasteiger partial charge in [0.25, 0.3) is 0 Å².